The lowest BCUT2D eigenvalue weighted by Crippen LogP contribution is -2.33. The summed E-state index contributed by atoms with van der Waals surface area (Å²) < 4.78 is 87.7. The third-order valence-electron chi connectivity index (χ3n) is 4.47. The number of nitrogens with zero attached hydrogens (tertiary/aromatic N) is 2. The summed E-state index contributed by atoms with van der Waals surface area (Å²) in [7, 11) is 0. The summed E-state index contributed by atoms with van der Waals surface area (Å²) >= 11 is 0. The Morgan fingerprint density at radius 2 is 1.68 bits per heavy atom. The van der Waals surface area contributed by atoms with Gasteiger partial charge in [0.2, 0.25) is 5.91 Å². The molecule has 2 amide bonds. The number of anilines is 1. The Morgan fingerprint density at radius 1 is 1.13 bits per heavy atom. The summed E-state index contributed by atoms with van der Waals surface area (Å²) in [6.45, 7) is 0.741. The second-order valence-corrected chi connectivity index (χ2v) is 6.70. The number of alkyl halides is 6. The van der Waals surface area contributed by atoms with Crippen molar-refractivity contribution in [2.75, 3.05) is 18.0 Å². The Bertz CT molecular complexity index is 957. The third kappa shape index (κ3) is 4.89. The number of cyclic esters (lactones) is 1. The largest absolute Gasteiger partial charge is 0.442 e. The summed E-state index contributed by atoms with van der Waals surface area (Å²) in [5.74, 6) is -0.435. The van der Waals surface area contributed by atoms with Crippen LogP contribution in [0, 0.1) is 0 Å². The van der Waals surface area contributed by atoms with Crippen LogP contribution in [0.2, 0.25) is 0 Å². The van der Waals surface area contributed by atoms with Gasteiger partial charge in [-0.25, -0.2) is 4.79 Å². The average Bonchev–Trinajstić information content (AvgIpc) is 3.05. The van der Waals surface area contributed by atoms with E-state index in [1.807, 2.05) is 0 Å². The van der Waals surface area contributed by atoms with Crippen LogP contribution in [0.1, 0.15) is 18.1 Å². The predicted octanol–water partition coefficient (Wildman–Crippen LogP) is 4.25. The van der Waals surface area contributed by atoms with E-state index in [9.17, 15) is 35.9 Å². The summed E-state index contributed by atoms with van der Waals surface area (Å²) in [5.41, 5.74) is -5.11. The smallest absolute Gasteiger partial charge is 0.417 e. The van der Waals surface area contributed by atoms with Crippen LogP contribution in [0.25, 0.3) is 11.1 Å². The topological polar surface area (TPSA) is 71.5 Å². The highest BCUT2D eigenvalue weighted by atomic mass is 19.4. The lowest BCUT2D eigenvalue weighted by atomic mass is 9.93. The molecule has 6 nitrogen and oxygen atoms in total. The van der Waals surface area contributed by atoms with Crippen molar-refractivity contribution in [3.63, 3.8) is 0 Å². The van der Waals surface area contributed by atoms with Crippen molar-refractivity contribution in [1.82, 2.24) is 10.3 Å². The molecular weight excluding hydrogens is 432 g/mol. The molecular formula is C19H15F6N3O3. The zero-order valence-corrected chi connectivity index (χ0v) is 15.8. The van der Waals surface area contributed by atoms with Crippen LogP contribution < -0.4 is 10.2 Å². The second-order valence-electron chi connectivity index (χ2n) is 6.70. The molecule has 0 bridgehead atoms. The fourth-order valence-corrected chi connectivity index (χ4v) is 3.16. The molecule has 31 heavy (non-hydrogen) atoms. The van der Waals surface area contributed by atoms with Gasteiger partial charge >= 0.3 is 18.4 Å². The van der Waals surface area contributed by atoms with Crippen molar-refractivity contribution in [3.05, 3.63) is 47.8 Å². The molecule has 1 aromatic carbocycles. The number of aromatic nitrogens is 1. The van der Waals surface area contributed by atoms with Gasteiger partial charge in [0, 0.05) is 30.6 Å². The van der Waals surface area contributed by atoms with E-state index in [4.69, 9.17) is 4.74 Å². The zero-order valence-electron chi connectivity index (χ0n) is 15.8. The first-order valence-electron chi connectivity index (χ1n) is 8.83. The van der Waals surface area contributed by atoms with Gasteiger partial charge in [0.15, 0.2) is 0 Å². The van der Waals surface area contributed by atoms with Crippen molar-refractivity contribution in [3.8, 4) is 11.1 Å². The van der Waals surface area contributed by atoms with Gasteiger partial charge in [0.05, 0.1) is 24.2 Å². The van der Waals surface area contributed by atoms with E-state index in [0.717, 1.165) is 24.5 Å². The number of ether oxygens (including phenoxy) is 1. The number of nitrogens with one attached hydrogen (secondary N) is 1. The summed E-state index contributed by atoms with van der Waals surface area (Å²) in [4.78, 5) is 27.4. The van der Waals surface area contributed by atoms with E-state index in [0.29, 0.717) is 17.0 Å². The van der Waals surface area contributed by atoms with Crippen LogP contribution in [0.4, 0.5) is 36.8 Å². The summed E-state index contributed by atoms with van der Waals surface area (Å²) in [6.07, 6.45) is -10.2. The number of hydrogen-bond acceptors (Lipinski definition) is 4. The first-order valence-corrected chi connectivity index (χ1v) is 8.83. The van der Waals surface area contributed by atoms with E-state index < -0.39 is 52.8 Å². The van der Waals surface area contributed by atoms with Crippen molar-refractivity contribution < 1.29 is 40.7 Å². The molecule has 1 aliphatic heterocycles. The molecule has 1 atom stereocenters. The zero-order chi connectivity index (χ0) is 23.0. The number of amides is 2. The number of carbonyl (C=O) groups is 2. The number of benzene rings is 1. The third-order valence-corrected chi connectivity index (χ3v) is 4.47. The minimum absolute atomic E-state index is 0.134. The Labute approximate surface area is 171 Å². The maximum absolute atomic E-state index is 13.8. The second kappa shape index (κ2) is 8.08. The van der Waals surface area contributed by atoms with Crippen LogP contribution in [-0.4, -0.2) is 36.2 Å². The van der Waals surface area contributed by atoms with E-state index in [2.05, 4.69) is 10.3 Å². The van der Waals surface area contributed by atoms with Crippen LogP contribution in [0.3, 0.4) is 0 Å². The molecule has 0 spiro atoms. The van der Waals surface area contributed by atoms with Crippen LogP contribution in [0.15, 0.2) is 36.7 Å². The molecule has 2 aromatic rings. The number of rotatable bonds is 4. The predicted molar refractivity (Wildman–Crippen MR) is 96.0 cm³/mol. The maximum atomic E-state index is 13.8. The fraction of sp³-hybridized carbons (Fsp3) is 0.316. The standard InChI is InChI=1S/C19H15F6N3O3/c1-10(29)27-8-13-9-28(17(30)31-13)12-6-14(18(20,21)22)16(11-2-4-26-5-3-11)15(7-12)19(23,24)25/h2-7,13H,8-9H2,1H3,(H,27,29). The van der Waals surface area contributed by atoms with E-state index in [-0.39, 0.29) is 18.7 Å². The number of halogens is 6. The van der Waals surface area contributed by atoms with Gasteiger partial charge in [-0.2, -0.15) is 26.3 Å². The minimum Gasteiger partial charge on any atom is -0.442 e. The number of hydrogen-bond donors (Lipinski definition) is 1. The lowest BCUT2D eigenvalue weighted by Gasteiger charge is -2.23. The molecule has 0 saturated carbocycles. The highest BCUT2D eigenvalue weighted by Crippen LogP contribution is 2.46. The first kappa shape index (κ1) is 22.4. The van der Waals surface area contributed by atoms with Gasteiger partial charge in [0.1, 0.15) is 6.10 Å². The van der Waals surface area contributed by atoms with Gasteiger partial charge in [-0.3, -0.25) is 14.7 Å². The van der Waals surface area contributed by atoms with Crippen molar-refractivity contribution in [2.45, 2.75) is 25.4 Å². The van der Waals surface area contributed by atoms with E-state index in [1.165, 1.54) is 6.92 Å². The van der Waals surface area contributed by atoms with E-state index in [1.54, 1.807) is 0 Å². The van der Waals surface area contributed by atoms with E-state index >= 15 is 0 Å². The molecule has 166 valence electrons. The molecule has 3 rings (SSSR count). The quantitative estimate of drug-likeness (QED) is 0.712. The Kier molecular flexibility index (Phi) is 5.83. The number of carbonyl (C=O) groups excluding carboxylic acids is 2. The normalized spacial score (nSPS) is 16.9. The SMILES string of the molecule is CC(=O)NCC1CN(c2cc(C(F)(F)F)c(-c3ccncc3)c(C(F)(F)F)c2)C(=O)O1. The van der Waals surface area contributed by atoms with Crippen molar-refractivity contribution in [1.29, 1.82) is 0 Å². The highest BCUT2D eigenvalue weighted by molar-refractivity contribution is 5.91. The minimum atomic E-state index is -5.15. The Balaban J connectivity index is 2.14. The first-order chi connectivity index (χ1) is 14.4. The summed E-state index contributed by atoms with van der Waals surface area (Å²) in [5, 5.41) is 2.37. The maximum Gasteiger partial charge on any atom is 0.417 e. The Morgan fingerprint density at radius 3 is 2.16 bits per heavy atom. The van der Waals surface area contributed by atoms with Crippen molar-refractivity contribution >= 4 is 17.7 Å². The van der Waals surface area contributed by atoms with Crippen LogP contribution in [-0.2, 0) is 21.9 Å². The molecule has 1 N–H and O–H groups in total. The molecule has 0 radical (unpaired) electrons. The molecule has 1 fully saturated rings. The molecule has 12 heteroatoms. The molecule has 1 unspecified atom stereocenters. The van der Waals surface area contributed by atoms with Crippen LogP contribution >= 0.6 is 0 Å². The lowest BCUT2D eigenvalue weighted by molar-refractivity contribution is -0.142. The fourth-order valence-electron chi connectivity index (χ4n) is 3.16. The molecule has 1 saturated heterocycles. The Hall–Kier alpha value is -3.31. The summed E-state index contributed by atoms with van der Waals surface area (Å²) in [6, 6.07) is 3.03. The van der Waals surface area contributed by atoms with Gasteiger partial charge < -0.3 is 10.1 Å². The highest BCUT2D eigenvalue weighted by Gasteiger charge is 2.43. The molecule has 1 aliphatic rings. The molecule has 2 heterocycles. The van der Waals surface area contributed by atoms with Gasteiger partial charge in [0.25, 0.3) is 0 Å². The number of pyridine rings is 1. The van der Waals surface area contributed by atoms with Gasteiger partial charge in [-0.1, -0.05) is 0 Å². The van der Waals surface area contributed by atoms with Crippen molar-refractivity contribution in [2.24, 2.45) is 0 Å². The average molecular weight is 447 g/mol. The monoisotopic (exact) mass is 447 g/mol. The van der Waals surface area contributed by atoms with Gasteiger partial charge in [-0.15, -0.1) is 0 Å². The molecule has 1 aromatic heterocycles. The molecule has 0 aliphatic carbocycles. The van der Waals surface area contributed by atoms with Gasteiger partial charge in [-0.05, 0) is 29.8 Å². The van der Waals surface area contributed by atoms with Crippen LogP contribution in [0.5, 0.6) is 0 Å².